The number of benzene rings is 2. The van der Waals surface area contributed by atoms with Crippen molar-refractivity contribution in [2.75, 3.05) is 19.8 Å². The molecule has 2 amide bonds. The maximum absolute atomic E-state index is 14.4. The third-order valence-electron chi connectivity index (χ3n) is 11.2. The van der Waals surface area contributed by atoms with Gasteiger partial charge in [-0.15, -0.1) is 6.58 Å². The highest BCUT2D eigenvalue weighted by Crippen LogP contribution is 2.57. The number of carbonyl (C=O) groups is 4. The fraction of sp³-hybridized carbons (Fsp3) is 0.550. The summed E-state index contributed by atoms with van der Waals surface area (Å²) in [6.07, 6.45) is 7.42. The number of hydrogen-bond donors (Lipinski definition) is 3. The summed E-state index contributed by atoms with van der Waals surface area (Å²) in [6, 6.07) is 13.7. The Balaban J connectivity index is 0.000000566. The van der Waals surface area contributed by atoms with Crippen molar-refractivity contribution in [3.05, 3.63) is 71.7 Å². The Morgan fingerprint density at radius 1 is 1.04 bits per heavy atom. The zero-order valence-electron chi connectivity index (χ0n) is 31.9. The van der Waals surface area contributed by atoms with Gasteiger partial charge in [0.15, 0.2) is 5.78 Å². The van der Waals surface area contributed by atoms with Crippen LogP contribution < -0.4 is 10.8 Å². The molecule has 0 aromatic heterocycles. The molecule has 1 saturated heterocycles. The number of carbonyl (C=O) groups excluding carboxylic acids is 4. The quantitative estimate of drug-likeness (QED) is 0.144. The summed E-state index contributed by atoms with van der Waals surface area (Å²) in [5, 5.41) is 20.2. The molecule has 0 unspecified atom stereocenters. The number of nitrogens with one attached hydrogen (secondary N) is 1. The number of esters is 1. The summed E-state index contributed by atoms with van der Waals surface area (Å²) >= 11 is 3.33. The number of halogens is 1. The summed E-state index contributed by atoms with van der Waals surface area (Å²) in [7, 11) is -5.42. The van der Waals surface area contributed by atoms with Gasteiger partial charge in [-0.1, -0.05) is 73.1 Å². The van der Waals surface area contributed by atoms with Crippen molar-refractivity contribution in [2.45, 2.75) is 95.6 Å². The first-order valence-electron chi connectivity index (χ1n) is 19.1. The molecule has 2 aromatic rings. The first kappa shape index (κ1) is 42.8. The number of Topliss-reactive ketones (excluding diaryl/α,β-unsaturated/α-hetero) is 1. The minimum atomic E-state index is -4.08. The van der Waals surface area contributed by atoms with Gasteiger partial charge in [-0.25, -0.2) is 8.42 Å². The molecule has 3 saturated carbocycles. The molecule has 3 aliphatic carbocycles. The third-order valence-corrected chi connectivity index (χ3v) is 13.5. The summed E-state index contributed by atoms with van der Waals surface area (Å²) in [4.78, 5) is 56.4. The average molecular weight is 843 g/mol. The Morgan fingerprint density at radius 2 is 1.67 bits per heavy atom. The van der Waals surface area contributed by atoms with Gasteiger partial charge in [0, 0.05) is 24.0 Å². The molecule has 6 rings (SSSR count). The zero-order valence-corrected chi connectivity index (χ0v) is 34.3. The molecule has 4 atom stereocenters. The molecule has 1 heterocycles. The van der Waals surface area contributed by atoms with Crippen LogP contribution in [0.1, 0.15) is 78.6 Å². The molecule has 0 spiro atoms. The minimum Gasteiger partial charge on any atom is -0.462 e. The lowest BCUT2D eigenvalue weighted by atomic mass is 9.77. The number of nitrogens with zero attached hydrogens (tertiary/aromatic N) is 2. The van der Waals surface area contributed by atoms with Gasteiger partial charge in [-0.2, -0.15) is 4.31 Å². The van der Waals surface area contributed by atoms with Gasteiger partial charge in [-0.3, -0.25) is 19.2 Å². The summed E-state index contributed by atoms with van der Waals surface area (Å²) in [6.45, 7) is 9.38. The van der Waals surface area contributed by atoms with Crippen LogP contribution in [0.15, 0.2) is 76.6 Å². The summed E-state index contributed by atoms with van der Waals surface area (Å²) < 4.78 is 35.1. The molecule has 0 radical (unpaired) electrons. The normalized spacial score (nSPS) is 23.3. The van der Waals surface area contributed by atoms with Gasteiger partial charge in [0.05, 0.1) is 29.3 Å². The Labute approximate surface area is 333 Å². The smallest absolute Gasteiger partial charge is 0.462 e. The Hall–Kier alpha value is -3.37. The lowest BCUT2D eigenvalue weighted by molar-refractivity contribution is -0.156. The molecule has 4 aliphatic rings. The van der Waals surface area contributed by atoms with E-state index in [0.717, 1.165) is 42.8 Å². The van der Waals surface area contributed by atoms with Crippen LogP contribution in [0.5, 0.6) is 0 Å². The van der Waals surface area contributed by atoms with E-state index in [1.54, 1.807) is 42.5 Å². The van der Waals surface area contributed by atoms with Crippen LogP contribution in [0.25, 0.3) is 0 Å². The fourth-order valence-electron chi connectivity index (χ4n) is 7.39. The van der Waals surface area contributed by atoms with Crippen molar-refractivity contribution >= 4 is 62.1 Å². The number of allylic oxidation sites excluding steroid dienone is 1. The van der Waals surface area contributed by atoms with Gasteiger partial charge < -0.3 is 25.0 Å². The van der Waals surface area contributed by atoms with Crippen molar-refractivity contribution in [2.24, 2.45) is 28.6 Å². The molecule has 4 fully saturated rings. The highest BCUT2D eigenvalue weighted by molar-refractivity contribution is 9.10. The van der Waals surface area contributed by atoms with Crippen LogP contribution >= 0.6 is 15.9 Å². The second-order valence-electron chi connectivity index (χ2n) is 16.4. The molecule has 2 aromatic carbocycles. The number of rotatable bonds is 14. The molecule has 12 nitrogen and oxygen atoms in total. The lowest BCUT2D eigenvalue weighted by Gasteiger charge is -2.34. The zero-order chi connectivity index (χ0) is 40.1. The van der Waals surface area contributed by atoms with E-state index in [2.05, 4.69) is 27.8 Å². The lowest BCUT2D eigenvalue weighted by Crippen LogP contribution is -2.49. The molecular weight excluding hydrogens is 789 g/mol. The van der Waals surface area contributed by atoms with E-state index in [4.69, 9.17) is 14.8 Å². The maximum atomic E-state index is 14.4. The van der Waals surface area contributed by atoms with E-state index in [1.165, 1.54) is 17.0 Å². The average Bonchev–Trinajstić information content (AvgIpc) is 3.98. The number of hydrogen-bond acceptors (Lipinski definition) is 9. The van der Waals surface area contributed by atoms with Crippen molar-refractivity contribution < 1.29 is 42.4 Å². The largest absolute Gasteiger partial charge is 0.488 e. The first-order chi connectivity index (χ1) is 26.0. The number of amides is 2. The van der Waals surface area contributed by atoms with E-state index in [0.29, 0.717) is 28.8 Å². The monoisotopic (exact) mass is 841 g/mol. The van der Waals surface area contributed by atoms with Gasteiger partial charge >= 0.3 is 13.1 Å². The molecule has 298 valence electrons. The molecule has 0 bridgehead atoms. The summed E-state index contributed by atoms with van der Waals surface area (Å²) in [5.74, 6) is -2.11. The van der Waals surface area contributed by atoms with Gasteiger partial charge in [0.2, 0.25) is 21.8 Å². The predicted octanol–water partition coefficient (Wildman–Crippen LogP) is 4.19. The third kappa shape index (κ3) is 10.7. The van der Waals surface area contributed by atoms with Crippen molar-refractivity contribution in [3.63, 3.8) is 0 Å². The standard InChI is InChI=1S/C34H46BrN3O7S.C6H7BO2/c1-5-23-17-34(23,32(42)36-19-22-10-11-22)18-29(39)28-20-37(46(43,44)26-14-12-24(35)13-15-26)21-38(28)31(41)27(33(2,3)4)16-30(40)45-25-8-6-7-9-25;8-7(9)6-4-2-1-3-5-6/h5,12-15,22-23,25,27-28H,1,6-11,16-21H2,2-4H3,(H,36,42);1-5,8-9H/t23-,27-,28+,34-;/m1./s1. The number of ketones is 1. The Kier molecular flexibility index (Phi) is 13.9. The van der Waals surface area contributed by atoms with Crippen molar-refractivity contribution in [1.29, 1.82) is 0 Å². The highest BCUT2D eigenvalue weighted by atomic mass is 79.9. The van der Waals surface area contributed by atoms with Crippen molar-refractivity contribution in [1.82, 2.24) is 14.5 Å². The maximum Gasteiger partial charge on any atom is 0.488 e. The highest BCUT2D eigenvalue weighted by Gasteiger charge is 2.60. The number of sulfonamides is 1. The Morgan fingerprint density at radius 3 is 2.20 bits per heavy atom. The molecule has 15 heteroatoms. The van der Waals surface area contributed by atoms with E-state index < -0.39 is 51.8 Å². The number of ether oxygens (including phenoxy) is 1. The fourth-order valence-corrected chi connectivity index (χ4v) is 9.05. The second-order valence-corrected chi connectivity index (χ2v) is 19.2. The molecule has 3 N–H and O–H groups in total. The topological polar surface area (TPSA) is 171 Å². The van der Waals surface area contributed by atoms with Gasteiger partial charge in [0.1, 0.15) is 12.1 Å². The van der Waals surface area contributed by atoms with Crippen molar-refractivity contribution in [3.8, 4) is 0 Å². The molecular formula is C40H53BBrN3O9S. The van der Waals surface area contributed by atoms with Gasteiger partial charge in [0.25, 0.3) is 0 Å². The van der Waals surface area contributed by atoms with Crippen LogP contribution in [0, 0.1) is 28.6 Å². The van der Waals surface area contributed by atoms with Crippen LogP contribution in [0.4, 0.5) is 0 Å². The summed E-state index contributed by atoms with van der Waals surface area (Å²) in [5.41, 5.74) is -1.13. The SMILES string of the molecule is C=C[C@@H]1C[C@]1(CC(=O)[C@@H]1CN(S(=O)(=O)c2ccc(Br)cc2)CN1C(=O)[C@@H](CC(=O)OC1CCCC1)C(C)(C)C)C(=O)NCC1CC1.OB(O)c1ccccc1. The van der Waals surface area contributed by atoms with Crippen LogP contribution in [0.3, 0.4) is 0 Å². The minimum absolute atomic E-state index is 0.0357. The van der Waals surface area contributed by atoms with E-state index in [-0.39, 0.29) is 54.7 Å². The van der Waals surface area contributed by atoms with Gasteiger partial charge in [-0.05, 0) is 91.9 Å². The predicted molar refractivity (Wildman–Crippen MR) is 212 cm³/mol. The van der Waals surface area contributed by atoms with Crippen LogP contribution in [0.2, 0.25) is 0 Å². The molecule has 55 heavy (non-hydrogen) atoms. The first-order valence-corrected chi connectivity index (χ1v) is 21.3. The van der Waals surface area contributed by atoms with E-state index in [9.17, 15) is 27.6 Å². The Bertz CT molecular complexity index is 1810. The van der Waals surface area contributed by atoms with Crippen LogP contribution in [-0.4, -0.2) is 90.3 Å². The van der Waals surface area contributed by atoms with Crippen LogP contribution in [-0.2, 0) is 33.9 Å². The second kappa shape index (κ2) is 17.8. The van der Waals surface area contributed by atoms with E-state index in [1.807, 2.05) is 26.8 Å². The van der Waals surface area contributed by atoms with E-state index >= 15 is 0 Å². The molecule has 1 aliphatic heterocycles.